The molecule has 6 nitrogen and oxygen atoms in total. The molecule has 1 aromatic heterocycles. The Morgan fingerprint density at radius 3 is 2.65 bits per heavy atom. The van der Waals surface area contributed by atoms with Gasteiger partial charge in [0.25, 0.3) is 0 Å². The number of carbonyl (C=O) groups excluding carboxylic acids is 2. The molecule has 0 radical (unpaired) electrons. The van der Waals surface area contributed by atoms with E-state index in [4.69, 9.17) is 5.73 Å². The number of nitrogens with two attached hydrogens (primary N) is 1. The average molecular weight is 272 g/mol. The molecule has 2 rings (SSSR count). The van der Waals surface area contributed by atoms with Crippen LogP contribution in [0.5, 0.6) is 0 Å². The third-order valence-electron chi connectivity index (χ3n) is 3.50. The SMILES string of the molecule is CC(C=O)(C(N)=O)C(Cc1ccccc1)n1cncn1. The summed E-state index contributed by atoms with van der Waals surface area (Å²) in [6.07, 6.45) is 3.90. The van der Waals surface area contributed by atoms with Gasteiger partial charge < -0.3 is 10.5 Å². The monoisotopic (exact) mass is 272 g/mol. The standard InChI is InChI=1S/C14H16N4O2/c1-14(8-19,13(15)20)12(18-10-16-9-17-18)7-11-5-3-2-4-6-11/h2-6,8-10,12H,7H2,1H3,(H2,15,20). The molecular weight excluding hydrogens is 256 g/mol. The van der Waals surface area contributed by atoms with Crippen molar-refractivity contribution in [2.24, 2.45) is 11.1 Å². The van der Waals surface area contributed by atoms with Crippen molar-refractivity contribution in [2.45, 2.75) is 19.4 Å². The summed E-state index contributed by atoms with van der Waals surface area (Å²) in [5, 5.41) is 4.05. The fraction of sp³-hybridized carbons (Fsp3) is 0.286. The molecule has 2 unspecified atom stereocenters. The first kappa shape index (κ1) is 13.9. The van der Waals surface area contributed by atoms with Crippen LogP contribution >= 0.6 is 0 Å². The van der Waals surface area contributed by atoms with Crippen LogP contribution in [0.15, 0.2) is 43.0 Å². The quantitative estimate of drug-likeness (QED) is 0.620. The average Bonchev–Trinajstić information content (AvgIpc) is 2.98. The Kier molecular flexibility index (Phi) is 3.93. The van der Waals surface area contributed by atoms with Gasteiger partial charge in [0, 0.05) is 0 Å². The van der Waals surface area contributed by atoms with Crippen molar-refractivity contribution in [1.82, 2.24) is 14.8 Å². The Balaban J connectivity index is 2.40. The highest BCUT2D eigenvalue weighted by atomic mass is 16.2. The summed E-state index contributed by atoms with van der Waals surface area (Å²) in [6.45, 7) is 1.53. The highest BCUT2D eigenvalue weighted by molar-refractivity contribution is 5.95. The van der Waals surface area contributed by atoms with Gasteiger partial charge in [-0.2, -0.15) is 5.10 Å². The molecule has 1 aromatic carbocycles. The van der Waals surface area contributed by atoms with E-state index < -0.39 is 17.4 Å². The van der Waals surface area contributed by atoms with Crippen LogP contribution in [0.4, 0.5) is 0 Å². The zero-order valence-corrected chi connectivity index (χ0v) is 11.1. The number of hydrogen-bond donors (Lipinski definition) is 1. The molecule has 1 amide bonds. The van der Waals surface area contributed by atoms with Gasteiger partial charge in [-0.05, 0) is 18.9 Å². The maximum Gasteiger partial charge on any atom is 0.232 e. The summed E-state index contributed by atoms with van der Waals surface area (Å²) in [5.41, 5.74) is 5.05. The molecular formula is C14H16N4O2. The number of benzene rings is 1. The van der Waals surface area contributed by atoms with E-state index in [1.165, 1.54) is 24.3 Å². The van der Waals surface area contributed by atoms with E-state index in [-0.39, 0.29) is 0 Å². The van der Waals surface area contributed by atoms with Crippen LogP contribution in [0, 0.1) is 5.41 Å². The Labute approximate surface area is 116 Å². The van der Waals surface area contributed by atoms with Crippen LogP contribution < -0.4 is 5.73 Å². The summed E-state index contributed by atoms with van der Waals surface area (Å²) in [7, 11) is 0. The molecule has 0 spiro atoms. The lowest BCUT2D eigenvalue weighted by Crippen LogP contribution is -2.44. The van der Waals surface area contributed by atoms with Crippen LogP contribution in [0.2, 0.25) is 0 Å². The Morgan fingerprint density at radius 2 is 2.15 bits per heavy atom. The molecule has 0 saturated carbocycles. The minimum atomic E-state index is -1.34. The lowest BCUT2D eigenvalue weighted by molar-refractivity contribution is -0.136. The number of amides is 1. The second kappa shape index (κ2) is 5.64. The van der Waals surface area contributed by atoms with Crippen LogP contribution in [0.1, 0.15) is 18.5 Å². The molecule has 0 bridgehead atoms. The largest absolute Gasteiger partial charge is 0.369 e. The number of aldehydes is 1. The van der Waals surface area contributed by atoms with Crippen molar-refractivity contribution >= 4 is 12.2 Å². The molecule has 1 heterocycles. The summed E-state index contributed by atoms with van der Waals surface area (Å²) >= 11 is 0. The highest BCUT2D eigenvalue weighted by Crippen LogP contribution is 2.31. The number of nitrogens with zero attached hydrogens (tertiary/aromatic N) is 3. The minimum absolute atomic E-state index is 0.461. The van der Waals surface area contributed by atoms with Crippen molar-refractivity contribution in [3.05, 3.63) is 48.5 Å². The molecule has 0 aliphatic heterocycles. The van der Waals surface area contributed by atoms with Crippen LogP contribution in [-0.4, -0.2) is 27.0 Å². The van der Waals surface area contributed by atoms with E-state index in [0.717, 1.165) is 5.56 Å². The zero-order chi connectivity index (χ0) is 14.6. The van der Waals surface area contributed by atoms with Crippen molar-refractivity contribution in [1.29, 1.82) is 0 Å². The van der Waals surface area contributed by atoms with Gasteiger partial charge in [0.2, 0.25) is 5.91 Å². The lowest BCUT2D eigenvalue weighted by Gasteiger charge is -2.30. The minimum Gasteiger partial charge on any atom is -0.369 e. The molecule has 0 aliphatic rings. The normalized spacial score (nSPS) is 15.2. The number of hydrogen-bond acceptors (Lipinski definition) is 4. The molecule has 2 aromatic rings. The first-order chi connectivity index (χ1) is 9.58. The third kappa shape index (κ3) is 2.59. The second-order valence-corrected chi connectivity index (χ2v) is 4.85. The molecule has 104 valence electrons. The van der Waals surface area contributed by atoms with E-state index in [0.29, 0.717) is 12.7 Å². The van der Waals surface area contributed by atoms with E-state index in [1.807, 2.05) is 30.3 Å². The predicted molar refractivity (Wildman–Crippen MR) is 72.6 cm³/mol. The first-order valence-corrected chi connectivity index (χ1v) is 6.22. The molecule has 0 fully saturated rings. The van der Waals surface area contributed by atoms with Gasteiger partial charge in [0.15, 0.2) is 0 Å². The summed E-state index contributed by atoms with van der Waals surface area (Å²) in [6, 6.07) is 9.04. The Bertz CT molecular complexity index is 582. The number of rotatable bonds is 6. The fourth-order valence-electron chi connectivity index (χ4n) is 2.10. The topological polar surface area (TPSA) is 90.9 Å². The van der Waals surface area contributed by atoms with Crippen LogP contribution in [0.3, 0.4) is 0 Å². The van der Waals surface area contributed by atoms with Gasteiger partial charge in [0.05, 0.1) is 6.04 Å². The maximum absolute atomic E-state index is 11.7. The van der Waals surface area contributed by atoms with Gasteiger partial charge in [0.1, 0.15) is 24.4 Å². The maximum atomic E-state index is 11.7. The number of primary amides is 1. The molecule has 2 atom stereocenters. The van der Waals surface area contributed by atoms with Crippen molar-refractivity contribution in [3.63, 3.8) is 0 Å². The highest BCUT2D eigenvalue weighted by Gasteiger charge is 2.41. The summed E-state index contributed by atoms with van der Waals surface area (Å²) in [5.74, 6) is -0.677. The smallest absolute Gasteiger partial charge is 0.232 e. The van der Waals surface area contributed by atoms with Crippen molar-refractivity contribution < 1.29 is 9.59 Å². The predicted octanol–water partition coefficient (Wildman–Crippen LogP) is 0.752. The molecule has 0 aliphatic carbocycles. The van der Waals surface area contributed by atoms with Crippen molar-refractivity contribution in [2.75, 3.05) is 0 Å². The van der Waals surface area contributed by atoms with E-state index in [2.05, 4.69) is 10.1 Å². The van der Waals surface area contributed by atoms with Crippen molar-refractivity contribution in [3.8, 4) is 0 Å². The Hall–Kier alpha value is -2.50. The fourth-order valence-corrected chi connectivity index (χ4v) is 2.10. The second-order valence-electron chi connectivity index (χ2n) is 4.85. The molecule has 20 heavy (non-hydrogen) atoms. The van der Waals surface area contributed by atoms with Crippen LogP contribution in [0.25, 0.3) is 0 Å². The first-order valence-electron chi connectivity index (χ1n) is 6.22. The van der Waals surface area contributed by atoms with Gasteiger partial charge in [-0.25, -0.2) is 9.67 Å². The summed E-state index contributed by atoms with van der Waals surface area (Å²) in [4.78, 5) is 27.0. The van der Waals surface area contributed by atoms with Gasteiger partial charge in [-0.3, -0.25) is 4.79 Å². The van der Waals surface area contributed by atoms with E-state index in [1.54, 1.807) is 0 Å². The van der Waals surface area contributed by atoms with E-state index in [9.17, 15) is 9.59 Å². The Morgan fingerprint density at radius 1 is 1.45 bits per heavy atom. The van der Waals surface area contributed by atoms with Crippen LogP contribution in [-0.2, 0) is 16.0 Å². The molecule has 2 N–H and O–H groups in total. The van der Waals surface area contributed by atoms with Gasteiger partial charge in [-0.15, -0.1) is 0 Å². The zero-order valence-electron chi connectivity index (χ0n) is 11.1. The molecule has 6 heteroatoms. The number of aromatic nitrogens is 3. The third-order valence-corrected chi connectivity index (χ3v) is 3.50. The lowest BCUT2D eigenvalue weighted by atomic mass is 9.80. The van der Waals surface area contributed by atoms with Gasteiger partial charge >= 0.3 is 0 Å². The van der Waals surface area contributed by atoms with E-state index >= 15 is 0 Å². The summed E-state index contributed by atoms with van der Waals surface area (Å²) < 4.78 is 1.51. The molecule has 0 saturated heterocycles. The van der Waals surface area contributed by atoms with Gasteiger partial charge in [-0.1, -0.05) is 30.3 Å². The number of carbonyl (C=O) groups is 2.